The van der Waals surface area contributed by atoms with E-state index in [9.17, 15) is 4.79 Å². The summed E-state index contributed by atoms with van der Waals surface area (Å²) in [7, 11) is 0. The molecule has 1 aromatic heterocycles. The molecule has 0 radical (unpaired) electrons. The zero-order chi connectivity index (χ0) is 12.1. The number of rotatable bonds is 3. The molecule has 0 saturated carbocycles. The maximum absolute atomic E-state index is 11.5. The summed E-state index contributed by atoms with van der Waals surface area (Å²) in [5.41, 5.74) is 0. The Morgan fingerprint density at radius 1 is 1.41 bits per heavy atom. The normalized spacial score (nSPS) is 16.9. The minimum absolute atomic E-state index is 0.249. The van der Waals surface area contributed by atoms with Gasteiger partial charge in [0.15, 0.2) is 0 Å². The standard InChI is InChI=1S/C12H18N4O/c1-2-11(17)16-8-4-10(5-9-16)15-12-13-6-3-7-14-12/h3,6-7,10H,2,4-5,8-9H2,1H3,(H,13,14,15). The lowest BCUT2D eigenvalue weighted by atomic mass is 10.1. The highest BCUT2D eigenvalue weighted by molar-refractivity contribution is 5.75. The Kier molecular flexibility index (Phi) is 3.90. The van der Waals surface area contributed by atoms with Crippen LogP contribution in [-0.2, 0) is 4.79 Å². The fourth-order valence-electron chi connectivity index (χ4n) is 2.05. The van der Waals surface area contributed by atoms with Crippen molar-refractivity contribution in [1.29, 1.82) is 0 Å². The molecule has 1 aromatic rings. The number of amides is 1. The van der Waals surface area contributed by atoms with Crippen molar-refractivity contribution < 1.29 is 4.79 Å². The Bertz CT molecular complexity index is 360. The monoisotopic (exact) mass is 234 g/mol. The first-order chi connectivity index (χ1) is 8.29. The second-order valence-corrected chi connectivity index (χ2v) is 4.23. The summed E-state index contributed by atoms with van der Waals surface area (Å²) in [6, 6.07) is 2.17. The summed E-state index contributed by atoms with van der Waals surface area (Å²) in [6.07, 6.45) is 5.98. The number of hydrogen-bond donors (Lipinski definition) is 1. The molecule has 1 amide bonds. The Morgan fingerprint density at radius 3 is 2.65 bits per heavy atom. The lowest BCUT2D eigenvalue weighted by Crippen LogP contribution is -2.42. The van der Waals surface area contributed by atoms with Crippen LogP contribution in [0.3, 0.4) is 0 Å². The van der Waals surface area contributed by atoms with Gasteiger partial charge in [-0.05, 0) is 18.9 Å². The van der Waals surface area contributed by atoms with Gasteiger partial charge < -0.3 is 10.2 Å². The van der Waals surface area contributed by atoms with E-state index in [4.69, 9.17) is 0 Å². The van der Waals surface area contributed by atoms with Crippen LogP contribution >= 0.6 is 0 Å². The highest BCUT2D eigenvalue weighted by Gasteiger charge is 2.21. The van der Waals surface area contributed by atoms with Gasteiger partial charge in [-0.15, -0.1) is 0 Å². The van der Waals surface area contributed by atoms with Gasteiger partial charge in [-0.1, -0.05) is 6.92 Å². The number of anilines is 1. The van der Waals surface area contributed by atoms with Crippen LogP contribution in [0.15, 0.2) is 18.5 Å². The molecule has 0 unspecified atom stereocenters. The Morgan fingerprint density at radius 2 is 2.06 bits per heavy atom. The van der Waals surface area contributed by atoms with Gasteiger partial charge in [0, 0.05) is 37.9 Å². The molecule has 0 bridgehead atoms. The van der Waals surface area contributed by atoms with E-state index in [1.165, 1.54) is 0 Å². The molecule has 0 spiro atoms. The minimum Gasteiger partial charge on any atom is -0.351 e. The van der Waals surface area contributed by atoms with E-state index in [0.29, 0.717) is 18.4 Å². The van der Waals surface area contributed by atoms with E-state index < -0.39 is 0 Å². The van der Waals surface area contributed by atoms with E-state index in [1.54, 1.807) is 18.5 Å². The Hall–Kier alpha value is -1.65. The predicted octanol–water partition coefficient (Wildman–Crippen LogP) is 1.29. The lowest BCUT2D eigenvalue weighted by molar-refractivity contribution is -0.131. The van der Waals surface area contributed by atoms with Gasteiger partial charge in [-0.3, -0.25) is 4.79 Å². The lowest BCUT2D eigenvalue weighted by Gasteiger charge is -2.32. The van der Waals surface area contributed by atoms with Gasteiger partial charge in [0.2, 0.25) is 11.9 Å². The number of carbonyl (C=O) groups excluding carboxylic acids is 1. The summed E-state index contributed by atoms with van der Waals surface area (Å²) >= 11 is 0. The van der Waals surface area contributed by atoms with Crippen molar-refractivity contribution in [3.8, 4) is 0 Å². The number of piperidine rings is 1. The molecule has 1 aliphatic rings. The number of carbonyl (C=O) groups is 1. The summed E-state index contributed by atoms with van der Waals surface area (Å²) in [5.74, 6) is 0.923. The first-order valence-corrected chi connectivity index (χ1v) is 6.11. The van der Waals surface area contributed by atoms with Gasteiger partial charge in [0.05, 0.1) is 0 Å². The molecule has 2 rings (SSSR count). The maximum atomic E-state index is 11.5. The molecule has 5 heteroatoms. The third-order valence-corrected chi connectivity index (χ3v) is 3.05. The van der Waals surface area contributed by atoms with Crippen molar-refractivity contribution in [3.63, 3.8) is 0 Å². The minimum atomic E-state index is 0.249. The van der Waals surface area contributed by atoms with Crippen LogP contribution in [0.4, 0.5) is 5.95 Å². The van der Waals surface area contributed by atoms with Gasteiger partial charge in [-0.25, -0.2) is 9.97 Å². The third-order valence-electron chi connectivity index (χ3n) is 3.05. The van der Waals surface area contributed by atoms with Crippen LogP contribution in [0.5, 0.6) is 0 Å². The van der Waals surface area contributed by atoms with Crippen LogP contribution < -0.4 is 5.32 Å². The molecule has 1 fully saturated rings. The van der Waals surface area contributed by atoms with E-state index >= 15 is 0 Å². The first-order valence-electron chi connectivity index (χ1n) is 6.11. The second-order valence-electron chi connectivity index (χ2n) is 4.23. The van der Waals surface area contributed by atoms with Crippen LogP contribution in [0.1, 0.15) is 26.2 Å². The quantitative estimate of drug-likeness (QED) is 0.856. The fraction of sp³-hybridized carbons (Fsp3) is 0.583. The maximum Gasteiger partial charge on any atom is 0.222 e. The van der Waals surface area contributed by atoms with E-state index in [1.807, 2.05) is 11.8 Å². The predicted molar refractivity (Wildman–Crippen MR) is 65.5 cm³/mol. The van der Waals surface area contributed by atoms with Crippen LogP contribution in [0.2, 0.25) is 0 Å². The van der Waals surface area contributed by atoms with E-state index in [0.717, 1.165) is 25.9 Å². The molecule has 0 atom stereocenters. The van der Waals surface area contributed by atoms with Crippen molar-refractivity contribution in [2.75, 3.05) is 18.4 Å². The van der Waals surface area contributed by atoms with Crippen LogP contribution in [0, 0.1) is 0 Å². The molecule has 17 heavy (non-hydrogen) atoms. The van der Waals surface area contributed by atoms with Crippen molar-refractivity contribution in [3.05, 3.63) is 18.5 Å². The van der Waals surface area contributed by atoms with Crippen LogP contribution in [-0.4, -0.2) is 39.9 Å². The first kappa shape index (κ1) is 11.8. The molecule has 5 nitrogen and oxygen atoms in total. The largest absolute Gasteiger partial charge is 0.351 e. The number of hydrogen-bond acceptors (Lipinski definition) is 4. The average molecular weight is 234 g/mol. The van der Waals surface area contributed by atoms with Crippen LogP contribution in [0.25, 0.3) is 0 Å². The summed E-state index contributed by atoms with van der Waals surface area (Å²) in [6.45, 7) is 3.57. The average Bonchev–Trinajstić information content (AvgIpc) is 2.40. The molecule has 1 aliphatic heterocycles. The molecule has 0 aromatic carbocycles. The number of nitrogens with one attached hydrogen (secondary N) is 1. The SMILES string of the molecule is CCC(=O)N1CCC(Nc2ncccn2)CC1. The zero-order valence-electron chi connectivity index (χ0n) is 10.1. The molecule has 0 aliphatic carbocycles. The number of aromatic nitrogens is 2. The Balaban J connectivity index is 1.82. The summed E-state index contributed by atoms with van der Waals surface area (Å²) < 4.78 is 0. The molecule has 1 N–H and O–H groups in total. The highest BCUT2D eigenvalue weighted by Crippen LogP contribution is 2.14. The van der Waals surface area contributed by atoms with E-state index in [2.05, 4.69) is 15.3 Å². The molecule has 1 saturated heterocycles. The van der Waals surface area contributed by atoms with Crippen molar-refractivity contribution >= 4 is 11.9 Å². The fourth-order valence-corrected chi connectivity index (χ4v) is 2.05. The highest BCUT2D eigenvalue weighted by atomic mass is 16.2. The Labute approximate surface area is 101 Å². The van der Waals surface area contributed by atoms with Crippen molar-refractivity contribution in [2.24, 2.45) is 0 Å². The van der Waals surface area contributed by atoms with Crippen molar-refractivity contribution in [1.82, 2.24) is 14.9 Å². The van der Waals surface area contributed by atoms with Crippen molar-refractivity contribution in [2.45, 2.75) is 32.2 Å². The molecule has 92 valence electrons. The summed E-state index contributed by atoms with van der Waals surface area (Å²) in [4.78, 5) is 21.7. The van der Waals surface area contributed by atoms with Gasteiger partial charge >= 0.3 is 0 Å². The number of likely N-dealkylation sites (tertiary alicyclic amines) is 1. The summed E-state index contributed by atoms with van der Waals surface area (Å²) in [5, 5.41) is 3.30. The van der Waals surface area contributed by atoms with Gasteiger partial charge in [-0.2, -0.15) is 0 Å². The second kappa shape index (κ2) is 5.61. The molecular formula is C12H18N4O. The number of nitrogens with zero attached hydrogens (tertiary/aromatic N) is 3. The smallest absolute Gasteiger partial charge is 0.222 e. The third kappa shape index (κ3) is 3.15. The van der Waals surface area contributed by atoms with E-state index in [-0.39, 0.29) is 5.91 Å². The molecular weight excluding hydrogens is 216 g/mol. The topological polar surface area (TPSA) is 58.1 Å². The molecule has 2 heterocycles. The zero-order valence-corrected chi connectivity index (χ0v) is 10.1. The van der Waals surface area contributed by atoms with Gasteiger partial charge in [0.1, 0.15) is 0 Å². The van der Waals surface area contributed by atoms with Gasteiger partial charge in [0.25, 0.3) is 0 Å².